The highest BCUT2D eigenvalue weighted by Gasteiger charge is 1.75. The molecule has 0 aliphatic carbocycles. The zero-order chi connectivity index (χ0) is 13.5. The molecule has 0 aliphatic rings. The van der Waals surface area contributed by atoms with Crippen LogP contribution in [-0.2, 0) is 4.79 Å². The second-order valence-corrected chi connectivity index (χ2v) is 2.63. The summed E-state index contributed by atoms with van der Waals surface area (Å²) >= 11 is 0. The van der Waals surface area contributed by atoms with Crippen LogP contribution < -0.4 is 0 Å². The van der Waals surface area contributed by atoms with Crippen LogP contribution in [0.25, 0.3) is 6.08 Å². The smallest absolute Gasteiger partial charge is 0.327 e. The van der Waals surface area contributed by atoms with Gasteiger partial charge in [0.05, 0.1) is 0 Å². The molecule has 0 amide bonds. The van der Waals surface area contributed by atoms with Crippen LogP contribution >= 0.6 is 0 Å². The van der Waals surface area contributed by atoms with E-state index in [4.69, 9.17) is 5.11 Å². The Bertz CT molecular complexity index is 344. The van der Waals surface area contributed by atoms with Crippen LogP contribution in [0.5, 0.6) is 0 Å². The molecule has 90 valence electrons. The molecule has 0 bridgehead atoms. The van der Waals surface area contributed by atoms with Crippen LogP contribution in [0, 0.1) is 0 Å². The van der Waals surface area contributed by atoms with Crippen molar-refractivity contribution >= 4 is 12.0 Å². The standard InChI is InChI=1S/C8H8.C4H6.C3H4O2/c1-2-8-6-4-3-5-7-8;1-3-4-2;1-2-3(4)5/h2-7H,1H2;3-4H,1-2H2;2H,1H2,(H,4,5). The quantitative estimate of drug-likeness (QED) is 0.630. The van der Waals surface area contributed by atoms with E-state index in [1.807, 2.05) is 36.4 Å². The van der Waals surface area contributed by atoms with Crippen LogP contribution in [0.15, 0.2) is 74.9 Å². The summed E-state index contributed by atoms with van der Waals surface area (Å²) in [5.74, 6) is -0.981. The van der Waals surface area contributed by atoms with E-state index in [2.05, 4.69) is 26.3 Å². The number of benzene rings is 1. The molecule has 1 N–H and O–H groups in total. The number of carbonyl (C=O) groups is 1. The lowest BCUT2D eigenvalue weighted by Crippen LogP contribution is -1.82. The Kier molecular flexibility index (Phi) is 13.7. The van der Waals surface area contributed by atoms with Gasteiger partial charge in [0.1, 0.15) is 0 Å². The van der Waals surface area contributed by atoms with Crippen LogP contribution in [0.4, 0.5) is 0 Å². The maximum atomic E-state index is 9.25. The Balaban J connectivity index is 0. The molecular formula is C15H18O2. The van der Waals surface area contributed by atoms with Crippen LogP contribution in [0.1, 0.15) is 5.56 Å². The minimum atomic E-state index is -0.981. The lowest BCUT2D eigenvalue weighted by atomic mass is 10.2. The molecule has 2 nitrogen and oxygen atoms in total. The topological polar surface area (TPSA) is 37.3 Å². The summed E-state index contributed by atoms with van der Waals surface area (Å²) < 4.78 is 0. The molecule has 0 saturated carbocycles. The van der Waals surface area contributed by atoms with Crippen LogP contribution in [-0.4, -0.2) is 11.1 Å². The first-order valence-corrected chi connectivity index (χ1v) is 4.88. The minimum Gasteiger partial charge on any atom is -0.478 e. The molecule has 0 unspecified atom stereocenters. The molecule has 0 radical (unpaired) electrons. The molecule has 0 fully saturated rings. The average Bonchev–Trinajstić information content (AvgIpc) is 2.40. The van der Waals surface area contributed by atoms with Crippen molar-refractivity contribution in [3.8, 4) is 0 Å². The van der Waals surface area contributed by atoms with Gasteiger partial charge in [-0.3, -0.25) is 0 Å². The van der Waals surface area contributed by atoms with Crippen molar-refractivity contribution in [2.45, 2.75) is 0 Å². The van der Waals surface area contributed by atoms with E-state index in [1.165, 1.54) is 5.56 Å². The zero-order valence-corrected chi connectivity index (χ0v) is 9.88. The van der Waals surface area contributed by atoms with Crippen molar-refractivity contribution in [3.05, 3.63) is 80.4 Å². The molecule has 0 spiro atoms. The Morgan fingerprint density at radius 2 is 1.41 bits per heavy atom. The van der Waals surface area contributed by atoms with E-state index in [0.29, 0.717) is 0 Å². The predicted octanol–water partition coefficient (Wildman–Crippen LogP) is 3.95. The van der Waals surface area contributed by atoms with Crippen LogP contribution in [0.2, 0.25) is 0 Å². The highest BCUT2D eigenvalue weighted by atomic mass is 16.4. The van der Waals surface area contributed by atoms with E-state index >= 15 is 0 Å². The molecule has 1 rings (SSSR count). The monoisotopic (exact) mass is 230 g/mol. The third kappa shape index (κ3) is 16.3. The number of aliphatic carboxylic acids is 1. The third-order valence-corrected chi connectivity index (χ3v) is 1.38. The van der Waals surface area contributed by atoms with E-state index in [-0.39, 0.29) is 0 Å². The number of carboxylic acids is 1. The van der Waals surface area contributed by atoms with Gasteiger partial charge >= 0.3 is 5.97 Å². The summed E-state index contributed by atoms with van der Waals surface area (Å²) in [6.45, 7) is 13.3. The van der Waals surface area contributed by atoms with Gasteiger partial charge in [-0.15, -0.1) is 0 Å². The van der Waals surface area contributed by atoms with Crippen molar-refractivity contribution in [1.82, 2.24) is 0 Å². The normalized spacial score (nSPS) is 7.06. The summed E-state index contributed by atoms with van der Waals surface area (Å²) in [5.41, 5.74) is 1.17. The molecule has 0 aliphatic heterocycles. The van der Waals surface area contributed by atoms with Gasteiger partial charge < -0.3 is 5.11 Å². The van der Waals surface area contributed by atoms with E-state index < -0.39 is 5.97 Å². The summed E-state index contributed by atoms with van der Waals surface area (Å²) in [6, 6.07) is 10.0. The average molecular weight is 230 g/mol. The van der Waals surface area contributed by atoms with Gasteiger partial charge in [0.25, 0.3) is 0 Å². The molecule has 17 heavy (non-hydrogen) atoms. The third-order valence-electron chi connectivity index (χ3n) is 1.38. The fourth-order valence-electron chi connectivity index (χ4n) is 0.589. The molecule has 0 aromatic heterocycles. The van der Waals surface area contributed by atoms with Crippen molar-refractivity contribution in [2.24, 2.45) is 0 Å². The minimum absolute atomic E-state index is 0.833. The van der Waals surface area contributed by atoms with E-state index in [0.717, 1.165) is 6.08 Å². The van der Waals surface area contributed by atoms with Gasteiger partial charge in [0.15, 0.2) is 0 Å². The van der Waals surface area contributed by atoms with Gasteiger partial charge in [0.2, 0.25) is 0 Å². The van der Waals surface area contributed by atoms with Gasteiger partial charge in [-0.05, 0) is 5.56 Å². The summed E-state index contributed by atoms with van der Waals surface area (Å²) in [7, 11) is 0. The van der Waals surface area contributed by atoms with Crippen molar-refractivity contribution in [3.63, 3.8) is 0 Å². The van der Waals surface area contributed by atoms with Gasteiger partial charge in [-0.1, -0.05) is 74.9 Å². The SMILES string of the molecule is C=CC(=O)O.C=CC=C.C=Cc1ccccc1. The molecular weight excluding hydrogens is 212 g/mol. The first-order valence-electron chi connectivity index (χ1n) is 4.88. The number of hydrogen-bond donors (Lipinski definition) is 1. The van der Waals surface area contributed by atoms with E-state index in [1.54, 1.807) is 12.2 Å². The van der Waals surface area contributed by atoms with Crippen molar-refractivity contribution < 1.29 is 9.90 Å². The van der Waals surface area contributed by atoms with Gasteiger partial charge in [-0.25, -0.2) is 4.79 Å². The molecule has 1 aromatic carbocycles. The first kappa shape index (κ1) is 17.1. The number of rotatable bonds is 3. The Hall–Kier alpha value is -2.35. The maximum absolute atomic E-state index is 9.25. The molecule has 0 heterocycles. The number of allylic oxidation sites excluding steroid dienone is 2. The zero-order valence-electron chi connectivity index (χ0n) is 9.88. The molecule has 0 atom stereocenters. The first-order chi connectivity index (χ1) is 8.12. The number of hydrogen-bond acceptors (Lipinski definition) is 1. The second kappa shape index (κ2) is 13.7. The van der Waals surface area contributed by atoms with Crippen molar-refractivity contribution in [1.29, 1.82) is 0 Å². The van der Waals surface area contributed by atoms with Gasteiger partial charge in [0, 0.05) is 6.08 Å². The lowest BCUT2D eigenvalue weighted by molar-refractivity contribution is -0.131. The van der Waals surface area contributed by atoms with Gasteiger partial charge in [-0.2, -0.15) is 0 Å². The second-order valence-electron chi connectivity index (χ2n) is 2.63. The van der Waals surface area contributed by atoms with Crippen molar-refractivity contribution in [2.75, 3.05) is 0 Å². The summed E-state index contributed by atoms with van der Waals surface area (Å²) in [5, 5.41) is 7.60. The largest absolute Gasteiger partial charge is 0.478 e. The summed E-state index contributed by atoms with van der Waals surface area (Å²) in [6.07, 6.45) is 5.94. The maximum Gasteiger partial charge on any atom is 0.327 e. The molecule has 2 heteroatoms. The fraction of sp³-hybridized carbons (Fsp3) is 0. The Morgan fingerprint density at radius 3 is 1.59 bits per heavy atom. The Morgan fingerprint density at radius 1 is 1.00 bits per heavy atom. The highest BCUT2D eigenvalue weighted by molar-refractivity contribution is 5.78. The lowest BCUT2D eigenvalue weighted by Gasteiger charge is -1.85. The highest BCUT2D eigenvalue weighted by Crippen LogP contribution is 1.97. The number of carboxylic acid groups (broad SMARTS) is 1. The fourth-order valence-corrected chi connectivity index (χ4v) is 0.589. The Labute approximate surface area is 103 Å². The summed E-state index contributed by atoms with van der Waals surface area (Å²) in [4.78, 5) is 9.25. The van der Waals surface area contributed by atoms with Crippen LogP contribution in [0.3, 0.4) is 0 Å². The van der Waals surface area contributed by atoms with E-state index in [9.17, 15) is 4.79 Å². The molecule has 1 aromatic rings. The predicted molar refractivity (Wildman–Crippen MR) is 74.8 cm³/mol. The molecule has 0 saturated heterocycles.